The molecule has 0 bridgehead atoms. The molecule has 0 aliphatic carbocycles. The summed E-state index contributed by atoms with van der Waals surface area (Å²) >= 11 is 3.48. The van der Waals surface area contributed by atoms with Gasteiger partial charge in [0, 0.05) is 29.1 Å². The van der Waals surface area contributed by atoms with Gasteiger partial charge in [0.2, 0.25) is 0 Å². The third kappa shape index (κ3) is 7.87. The maximum atomic E-state index is 13.3. The molecule has 0 aromatic heterocycles. The second-order valence-electron chi connectivity index (χ2n) is 12.4. The number of hydrogen-bond donors (Lipinski definition) is 1. The van der Waals surface area contributed by atoms with Crippen LogP contribution in [-0.2, 0) is 14.4 Å². The zero-order valence-corrected chi connectivity index (χ0v) is 30.3. The zero-order chi connectivity index (χ0) is 34.4. The highest BCUT2D eigenvalue weighted by atomic mass is 79.9. The van der Waals surface area contributed by atoms with E-state index < -0.39 is 23.3 Å². The van der Waals surface area contributed by atoms with Crippen molar-refractivity contribution in [2.75, 3.05) is 17.9 Å². The molecule has 0 saturated heterocycles. The molecular weight excluding hydrogens is 708 g/mol. The van der Waals surface area contributed by atoms with Crippen LogP contribution in [0.2, 0.25) is 5.04 Å². The Hall–Kier alpha value is -4.29. The highest BCUT2D eigenvalue weighted by molar-refractivity contribution is 9.10. The van der Waals surface area contributed by atoms with Gasteiger partial charge in [-0.2, -0.15) is 0 Å². The van der Waals surface area contributed by atoms with Gasteiger partial charge < -0.3 is 9.16 Å². The first-order chi connectivity index (χ1) is 22.9. The van der Waals surface area contributed by atoms with Crippen LogP contribution >= 0.6 is 15.9 Å². The van der Waals surface area contributed by atoms with Gasteiger partial charge in [0.25, 0.3) is 24.0 Å². The van der Waals surface area contributed by atoms with E-state index in [1.165, 1.54) is 22.5 Å². The summed E-state index contributed by atoms with van der Waals surface area (Å²) in [5, 5.41) is 13.2. The van der Waals surface area contributed by atoms with Gasteiger partial charge in [-0.3, -0.25) is 14.8 Å². The Kier molecular flexibility index (Phi) is 10.8. The van der Waals surface area contributed by atoms with Crippen molar-refractivity contribution in [1.82, 2.24) is 0 Å². The number of nitro benzene ring substituents is 1. The largest absolute Gasteiger partial charge is 0.491 e. The van der Waals surface area contributed by atoms with Crippen molar-refractivity contribution in [3.63, 3.8) is 0 Å². The van der Waals surface area contributed by atoms with E-state index >= 15 is 0 Å². The molecule has 1 N–H and O–H groups in total. The number of nitro groups is 1. The number of anilines is 1. The summed E-state index contributed by atoms with van der Waals surface area (Å²) in [5.74, 6) is 0.118. The molecule has 5 rings (SSSR count). The Morgan fingerprint density at radius 2 is 1.33 bits per heavy atom. The first kappa shape index (κ1) is 35.0. The highest BCUT2D eigenvalue weighted by Crippen LogP contribution is 2.38. The molecule has 0 heterocycles. The van der Waals surface area contributed by atoms with E-state index in [1.54, 1.807) is 18.2 Å². The molecule has 0 aliphatic rings. The molecule has 5 aromatic rings. The number of non-ortho nitro benzene ring substituents is 1. The first-order valence-electron chi connectivity index (χ1n) is 15.4. The molecule has 11 heteroatoms. The van der Waals surface area contributed by atoms with Gasteiger partial charge in [-0.1, -0.05) is 128 Å². The number of ether oxygens (including phenoxy) is 1. The molecule has 5 aromatic carbocycles. The molecule has 8 nitrogen and oxygen atoms in total. The highest BCUT2D eigenvalue weighted by Gasteiger charge is 2.50. The fourth-order valence-corrected chi connectivity index (χ4v) is 11.8. The van der Waals surface area contributed by atoms with Gasteiger partial charge in [0.15, 0.2) is 0 Å². The fourth-order valence-electron chi connectivity index (χ4n) is 5.79. The van der Waals surface area contributed by atoms with Gasteiger partial charge in [0.1, 0.15) is 5.75 Å². The number of rotatable bonds is 13. The van der Waals surface area contributed by atoms with Crippen LogP contribution in [0.15, 0.2) is 143 Å². The van der Waals surface area contributed by atoms with Crippen LogP contribution in [0.3, 0.4) is 0 Å². The third-order valence-electron chi connectivity index (χ3n) is 8.17. The Balaban J connectivity index is 1.46. The lowest BCUT2D eigenvalue weighted by Gasteiger charge is -2.43. The van der Waals surface area contributed by atoms with Crippen molar-refractivity contribution >= 4 is 56.0 Å². The number of sulfonamides is 1. The fraction of sp³-hybridized carbons (Fsp3) is 0.189. The summed E-state index contributed by atoms with van der Waals surface area (Å²) in [5.41, 5.74) is 1.06. The Bertz CT molecular complexity index is 1900. The topological polar surface area (TPSA) is 108 Å². The van der Waals surface area contributed by atoms with E-state index in [9.17, 15) is 18.5 Å². The second kappa shape index (κ2) is 14.9. The minimum absolute atomic E-state index is 0.108. The second-order valence-corrected chi connectivity index (χ2v) is 19.3. The molecule has 0 aliphatic heterocycles. The number of nitrogens with one attached hydrogen (secondary N) is 1. The normalized spacial score (nSPS) is 12.7. The molecule has 0 spiro atoms. The van der Waals surface area contributed by atoms with E-state index in [4.69, 9.17) is 9.16 Å². The van der Waals surface area contributed by atoms with Crippen LogP contribution < -0.4 is 19.8 Å². The molecule has 48 heavy (non-hydrogen) atoms. The van der Waals surface area contributed by atoms with Gasteiger partial charge in [-0.05, 0) is 51.3 Å². The van der Waals surface area contributed by atoms with Gasteiger partial charge in [0.05, 0.1) is 22.1 Å². The summed E-state index contributed by atoms with van der Waals surface area (Å²) in [4.78, 5) is 10.4. The SMILES string of the molecule is CC(C)(C)[Si](OCC(COc1cc(Br)ccc1NS(=O)(=O)c1ccc([N+](=O)[O-])cc1)c1ccccc1)(c1ccccc1)c1ccccc1. The van der Waals surface area contributed by atoms with Gasteiger partial charge >= 0.3 is 0 Å². The molecular formula is C37H37BrN2O6SSi. The molecule has 248 valence electrons. The third-order valence-corrected chi connectivity index (χ3v) is 15.1. The zero-order valence-electron chi connectivity index (χ0n) is 26.9. The van der Waals surface area contributed by atoms with E-state index in [0.717, 1.165) is 17.7 Å². The smallest absolute Gasteiger partial charge is 0.269 e. The van der Waals surface area contributed by atoms with E-state index in [2.05, 4.69) is 90.0 Å². The van der Waals surface area contributed by atoms with Crippen LogP contribution in [0, 0.1) is 10.1 Å². The standard InChI is InChI=1S/C37H37BrN2O6SSi/c1-37(2,3)48(33-15-9-5-10-16-33,34-17-11-6-12-18-34)46-27-29(28-13-7-4-8-14-28)26-45-36-25-30(38)19-24-35(36)39-47(43,44)32-22-20-31(21-23-32)40(41)42/h4-25,29,39H,26-27H2,1-3H3. The number of halogens is 1. The van der Waals surface area contributed by atoms with E-state index in [0.29, 0.717) is 16.8 Å². The summed E-state index contributed by atoms with van der Waals surface area (Å²) in [6, 6.07) is 40.6. The lowest BCUT2D eigenvalue weighted by atomic mass is 10.0. The molecule has 0 amide bonds. The van der Waals surface area contributed by atoms with Crippen molar-refractivity contribution in [2.45, 2.75) is 36.6 Å². The van der Waals surface area contributed by atoms with Gasteiger partial charge in [-0.15, -0.1) is 0 Å². The summed E-state index contributed by atoms with van der Waals surface area (Å²) < 4.78 is 43.6. The summed E-state index contributed by atoms with van der Waals surface area (Å²) in [7, 11) is -6.93. The maximum absolute atomic E-state index is 13.3. The van der Waals surface area contributed by atoms with Crippen LogP contribution in [0.4, 0.5) is 11.4 Å². The molecule has 0 saturated carbocycles. The van der Waals surface area contributed by atoms with Crippen molar-refractivity contribution < 1.29 is 22.5 Å². The van der Waals surface area contributed by atoms with Crippen molar-refractivity contribution in [1.29, 1.82) is 0 Å². The quantitative estimate of drug-likeness (QED) is 0.0747. The van der Waals surface area contributed by atoms with Crippen molar-refractivity contribution in [2.24, 2.45) is 0 Å². The maximum Gasteiger partial charge on any atom is 0.269 e. The van der Waals surface area contributed by atoms with Crippen LogP contribution in [0.5, 0.6) is 5.75 Å². The predicted molar refractivity (Wildman–Crippen MR) is 196 cm³/mol. The number of benzene rings is 5. The average Bonchev–Trinajstić information content (AvgIpc) is 3.08. The summed E-state index contributed by atoms with van der Waals surface area (Å²) in [6.45, 7) is 7.26. The molecule has 0 radical (unpaired) electrons. The Morgan fingerprint density at radius 3 is 1.85 bits per heavy atom. The van der Waals surface area contributed by atoms with Crippen LogP contribution in [0.1, 0.15) is 32.3 Å². The van der Waals surface area contributed by atoms with E-state index in [-0.39, 0.29) is 33.8 Å². The number of nitrogens with zero attached hydrogens (tertiary/aromatic N) is 1. The lowest BCUT2D eigenvalue weighted by Crippen LogP contribution is -2.66. The van der Waals surface area contributed by atoms with Gasteiger partial charge in [-0.25, -0.2) is 8.42 Å². The van der Waals surface area contributed by atoms with Crippen LogP contribution in [0.25, 0.3) is 0 Å². The minimum Gasteiger partial charge on any atom is -0.491 e. The molecule has 1 atom stereocenters. The van der Waals surface area contributed by atoms with Crippen LogP contribution in [-0.4, -0.2) is 34.9 Å². The Labute approximate surface area is 291 Å². The monoisotopic (exact) mass is 744 g/mol. The molecule has 0 fully saturated rings. The van der Waals surface area contributed by atoms with Crippen molar-refractivity contribution in [3.8, 4) is 5.75 Å². The van der Waals surface area contributed by atoms with Crippen molar-refractivity contribution in [3.05, 3.63) is 154 Å². The Morgan fingerprint density at radius 1 is 0.792 bits per heavy atom. The first-order valence-corrected chi connectivity index (χ1v) is 19.6. The number of hydrogen-bond acceptors (Lipinski definition) is 6. The van der Waals surface area contributed by atoms with E-state index in [1.807, 2.05) is 42.5 Å². The molecule has 1 unspecified atom stereocenters. The predicted octanol–water partition coefficient (Wildman–Crippen LogP) is 7.90. The summed E-state index contributed by atoms with van der Waals surface area (Å²) in [6.07, 6.45) is 0. The lowest BCUT2D eigenvalue weighted by molar-refractivity contribution is -0.384. The minimum atomic E-state index is -4.08. The average molecular weight is 746 g/mol.